The van der Waals surface area contributed by atoms with Crippen LogP contribution in [0.3, 0.4) is 0 Å². The summed E-state index contributed by atoms with van der Waals surface area (Å²) in [6.45, 7) is -0.245. The van der Waals surface area contributed by atoms with Crippen LogP contribution in [0.2, 0.25) is 5.02 Å². The minimum absolute atomic E-state index is 0.245. The SMILES string of the molecule is Nc1ncc(C2=CC[S@+]([O-])CC2)cc1-c1ccc([C@H](CO)c2cccc(Cl)c2)c(F)c1. The van der Waals surface area contributed by atoms with Gasteiger partial charge in [0.15, 0.2) is 0 Å². The summed E-state index contributed by atoms with van der Waals surface area (Å²) in [4.78, 5) is 4.29. The second-order valence-corrected chi connectivity index (χ2v) is 9.53. The molecule has 0 saturated heterocycles. The number of nitrogens with two attached hydrogens (primary N) is 1. The number of aromatic nitrogens is 1. The molecule has 3 aromatic rings. The monoisotopic (exact) mass is 456 g/mol. The molecule has 3 N–H and O–H groups in total. The van der Waals surface area contributed by atoms with Crippen molar-refractivity contribution in [3.63, 3.8) is 0 Å². The van der Waals surface area contributed by atoms with Gasteiger partial charge in [-0.15, -0.1) is 0 Å². The summed E-state index contributed by atoms with van der Waals surface area (Å²) in [6, 6.07) is 13.8. The smallest absolute Gasteiger partial charge is 0.131 e. The lowest BCUT2D eigenvalue weighted by Crippen LogP contribution is -2.15. The summed E-state index contributed by atoms with van der Waals surface area (Å²) in [7, 11) is 0. The zero-order valence-corrected chi connectivity index (χ0v) is 18.3. The molecular formula is C24H22ClFN2O2S. The van der Waals surface area contributed by atoms with Gasteiger partial charge >= 0.3 is 0 Å². The molecule has 4 rings (SSSR count). The fourth-order valence-corrected chi connectivity index (χ4v) is 5.03. The first-order chi connectivity index (χ1) is 15.0. The summed E-state index contributed by atoms with van der Waals surface area (Å²) in [5.74, 6) is 0.506. The Hall–Kier alpha value is -2.38. The van der Waals surface area contributed by atoms with E-state index in [9.17, 15) is 9.66 Å². The van der Waals surface area contributed by atoms with Crippen molar-refractivity contribution in [1.82, 2.24) is 4.98 Å². The van der Waals surface area contributed by atoms with Gasteiger partial charge in [0.25, 0.3) is 0 Å². The Morgan fingerprint density at radius 1 is 1.19 bits per heavy atom. The molecule has 31 heavy (non-hydrogen) atoms. The van der Waals surface area contributed by atoms with Gasteiger partial charge in [-0.25, -0.2) is 9.37 Å². The molecule has 0 radical (unpaired) electrons. The van der Waals surface area contributed by atoms with E-state index in [1.165, 1.54) is 6.07 Å². The van der Waals surface area contributed by atoms with E-state index in [0.29, 0.717) is 45.5 Å². The minimum atomic E-state index is -0.809. The highest BCUT2D eigenvalue weighted by Crippen LogP contribution is 2.34. The third kappa shape index (κ3) is 4.77. The molecule has 160 valence electrons. The molecule has 0 aliphatic carbocycles. The minimum Gasteiger partial charge on any atom is -0.616 e. The number of pyridine rings is 1. The van der Waals surface area contributed by atoms with E-state index in [1.807, 2.05) is 18.2 Å². The number of hydrogen-bond acceptors (Lipinski definition) is 4. The average molecular weight is 457 g/mol. The van der Waals surface area contributed by atoms with E-state index < -0.39 is 22.9 Å². The topological polar surface area (TPSA) is 82.2 Å². The molecule has 2 heterocycles. The van der Waals surface area contributed by atoms with Crippen molar-refractivity contribution in [1.29, 1.82) is 0 Å². The number of rotatable bonds is 5. The third-order valence-corrected chi connectivity index (χ3v) is 6.96. The molecule has 1 aromatic heterocycles. The summed E-state index contributed by atoms with van der Waals surface area (Å²) >= 11 is 5.26. The number of halogens is 2. The maximum atomic E-state index is 15.1. The zero-order chi connectivity index (χ0) is 22.0. The molecule has 0 amide bonds. The van der Waals surface area contributed by atoms with Gasteiger partial charge in [0.2, 0.25) is 0 Å². The van der Waals surface area contributed by atoms with Crippen LogP contribution < -0.4 is 5.73 Å². The van der Waals surface area contributed by atoms with Crippen LogP contribution in [0.25, 0.3) is 16.7 Å². The first-order valence-corrected chi connectivity index (χ1v) is 11.8. The Bertz CT molecular complexity index is 1140. The summed E-state index contributed by atoms with van der Waals surface area (Å²) in [5, 5.41) is 10.4. The fourth-order valence-electron chi connectivity index (χ4n) is 3.83. The van der Waals surface area contributed by atoms with Crippen LogP contribution in [0.1, 0.15) is 29.0 Å². The van der Waals surface area contributed by atoms with Gasteiger partial charge in [0.1, 0.15) is 23.1 Å². The molecule has 2 aromatic carbocycles. The highest BCUT2D eigenvalue weighted by atomic mass is 35.5. The Balaban J connectivity index is 1.69. The van der Waals surface area contributed by atoms with Crippen molar-refractivity contribution < 1.29 is 14.0 Å². The summed E-state index contributed by atoms with van der Waals surface area (Å²) in [6.07, 6.45) is 4.38. The maximum absolute atomic E-state index is 15.1. The first kappa shape index (κ1) is 21.8. The van der Waals surface area contributed by atoms with Crippen LogP contribution in [0.5, 0.6) is 0 Å². The lowest BCUT2D eigenvalue weighted by Gasteiger charge is -2.19. The predicted molar refractivity (Wildman–Crippen MR) is 125 cm³/mol. The van der Waals surface area contributed by atoms with Crippen molar-refractivity contribution in [2.24, 2.45) is 0 Å². The third-order valence-electron chi connectivity index (χ3n) is 5.52. The molecule has 1 aliphatic heterocycles. The summed E-state index contributed by atoms with van der Waals surface area (Å²) < 4.78 is 26.8. The molecule has 0 unspecified atom stereocenters. The van der Waals surface area contributed by atoms with Crippen molar-refractivity contribution in [3.05, 3.63) is 88.3 Å². The van der Waals surface area contributed by atoms with E-state index in [-0.39, 0.29) is 6.61 Å². The van der Waals surface area contributed by atoms with Gasteiger partial charge in [-0.05, 0) is 69.3 Å². The second kappa shape index (κ2) is 9.40. The summed E-state index contributed by atoms with van der Waals surface area (Å²) in [5.41, 5.74) is 10.4. The van der Waals surface area contributed by atoms with E-state index in [1.54, 1.807) is 36.5 Å². The molecule has 7 heteroatoms. The van der Waals surface area contributed by atoms with E-state index in [0.717, 1.165) is 16.7 Å². The van der Waals surface area contributed by atoms with Crippen LogP contribution in [0.15, 0.2) is 60.8 Å². The number of allylic oxidation sites excluding steroid dienone is 1. The Morgan fingerprint density at radius 2 is 2.03 bits per heavy atom. The zero-order valence-electron chi connectivity index (χ0n) is 16.7. The lowest BCUT2D eigenvalue weighted by atomic mass is 9.90. The van der Waals surface area contributed by atoms with Gasteiger partial charge in [-0.3, -0.25) is 0 Å². The van der Waals surface area contributed by atoms with Gasteiger partial charge in [0.05, 0.1) is 6.61 Å². The van der Waals surface area contributed by atoms with Gasteiger partial charge in [-0.1, -0.05) is 35.9 Å². The molecule has 0 fully saturated rings. The predicted octanol–water partition coefficient (Wildman–Crippen LogP) is 4.78. The molecule has 4 nitrogen and oxygen atoms in total. The number of nitrogen functional groups attached to an aromatic ring is 1. The largest absolute Gasteiger partial charge is 0.616 e. The van der Waals surface area contributed by atoms with Crippen molar-refractivity contribution in [3.8, 4) is 11.1 Å². The number of aliphatic hydroxyl groups is 1. The highest BCUT2D eigenvalue weighted by molar-refractivity contribution is 7.91. The van der Waals surface area contributed by atoms with Crippen molar-refractivity contribution >= 4 is 34.2 Å². The second-order valence-electron chi connectivity index (χ2n) is 7.47. The van der Waals surface area contributed by atoms with Crippen LogP contribution >= 0.6 is 11.6 Å². The molecule has 1 aliphatic rings. The Morgan fingerprint density at radius 3 is 2.71 bits per heavy atom. The average Bonchev–Trinajstić information content (AvgIpc) is 2.76. The maximum Gasteiger partial charge on any atom is 0.131 e. The van der Waals surface area contributed by atoms with E-state index in [2.05, 4.69) is 4.98 Å². The lowest BCUT2D eigenvalue weighted by molar-refractivity contribution is 0.278. The Labute approximate surface area is 188 Å². The van der Waals surface area contributed by atoms with Crippen molar-refractivity contribution in [2.75, 3.05) is 23.8 Å². The standard InChI is InChI=1S/C24H22ClFN2O2S/c25-19-3-1-2-16(10-19)22(14-29)20-5-4-17(12-23(20)26)21-11-18(13-28-24(21)27)15-6-8-31(30)9-7-15/h1-6,10-13,22,29H,7-9,14H2,(H2,27,28)/t22-,31+/m1/s1. The first-order valence-electron chi connectivity index (χ1n) is 9.92. The molecule has 2 atom stereocenters. The normalized spacial score (nSPS) is 17.3. The highest BCUT2D eigenvalue weighted by Gasteiger charge is 2.20. The van der Waals surface area contributed by atoms with Gasteiger partial charge in [-0.2, -0.15) is 0 Å². The van der Waals surface area contributed by atoms with Crippen LogP contribution in [-0.4, -0.2) is 32.8 Å². The number of anilines is 1. The molecule has 0 bridgehead atoms. The number of nitrogens with zero attached hydrogens (tertiary/aromatic N) is 1. The van der Waals surface area contributed by atoms with Gasteiger partial charge in [0, 0.05) is 29.1 Å². The fraction of sp³-hybridized carbons (Fsp3) is 0.208. The molecular weight excluding hydrogens is 435 g/mol. The van der Waals surface area contributed by atoms with Crippen LogP contribution in [0.4, 0.5) is 10.2 Å². The van der Waals surface area contributed by atoms with Crippen LogP contribution in [0, 0.1) is 5.82 Å². The van der Waals surface area contributed by atoms with Crippen molar-refractivity contribution in [2.45, 2.75) is 12.3 Å². The van der Waals surface area contributed by atoms with Crippen LogP contribution in [-0.2, 0) is 11.2 Å². The number of benzene rings is 2. The van der Waals surface area contributed by atoms with Gasteiger partial charge < -0.3 is 15.4 Å². The number of aliphatic hydroxyl groups excluding tert-OH is 1. The number of hydrogen-bond donors (Lipinski definition) is 2. The van der Waals surface area contributed by atoms with E-state index >= 15 is 4.39 Å². The Kier molecular flexibility index (Phi) is 6.62. The molecule has 0 saturated carbocycles. The van der Waals surface area contributed by atoms with E-state index in [4.69, 9.17) is 17.3 Å². The quantitative estimate of drug-likeness (QED) is 0.541. The molecule has 0 spiro atoms.